The first kappa shape index (κ1) is 12.9. The Morgan fingerprint density at radius 2 is 2.06 bits per heavy atom. The molecule has 0 fully saturated rings. The van der Waals surface area contributed by atoms with Crippen molar-refractivity contribution in [2.45, 2.75) is 26.7 Å². The predicted molar refractivity (Wildman–Crippen MR) is 77.3 cm³/mol. The molecule has 0 saturated heterocycles. The van der Waals surface area contributed by atoms with Gasteiger partial charge in [-0.1, -0.05) is 13.8 Å². The van der Waals surface area contributed by atoms with Crippen LogP contribution in [0.4, 0.5) is 5.00 Å². The summed E-state index contributed by atoms with van der Waals surface area (Å²) in [6, 6.07) is 4.20. The van der Waals surface area contributed by atoms with Crippen molar-refractivity contribution in [3.8, 4) is 17.0 Å². The predicted octanol–water partition coefficient (Wildman–Crippen LogP) is 3.83. The molecule has 0 spiro atoms. The SMILES string of the molecule is COc1cc(C)c(-c2ncsc2N)cc1C(C)C. The van der Waals surface area contributed by atoms with Gasteiger partial charge < -0.3 is 10.5 Å². The van der Waals surface area contributed by atoms with Crippen molar-refractivity contribution in [2.24, 2.45) is 0 Å². The van der Waals surface area contributed by atoms with E-state index in [-0.39, 0.29) is 0 Å². The Kier molecular flexibility index (Phi) is 3.57. The lowest BCUT2D eigenvalue weighted by molar-refractivity contribution is 0.407. The molecular formula is C14H18N2OS. The average molecular weight is 262 g/mol. The molecule has 4 heteroatoms. The van der Waals surface area contributed by atoms with Crippen molar-refractivity contribution in [1.29, 1.82) is 0 Å². The molecule has 0 radical (unpaired) electrons. The van der Waals surface area contributed by atoms with Crippen LogP contribution in [0.15, 0.2) is 17.6 Å². The van der Waals surface area contributed by atoms with Gasteiger partial charge in [0.15, 0.2) is 0 Å². The number of benzene rings is 1. The van der Waals surface area contributed by atoms with Crippen molar-refractivity contribution >= 4 is 16.3 Å². The smallest absolute Gasteiger partial charge is 0.122 e. The summed E-state index contributed by atoms with van der Waals surface area (Å²) in [5, 5.41) is 0.762. The van der Waals surface area contributed by atoms with Crippen LogP contribution in [0.5, 0.6) is 5.75 Å². The number of hydrogen-bond acceptors (Lipinski definition) is 4. The summed E-state index contributed by atoms with van der Waals surface area (Å²) in [6.07, 6.45) is 0. The fourth-order valence-electron chi connectivity index (χ4n) is 2.04. The highest BCUT2D eigenvalue weighted by atomic mass is 32.1. The summed E-state index contributed by atoms with van der Waals surface area (Å²) in [5.41, 5.74) is 12.0. The van der Waals surface area contributed by atoms with E-state index in [1.165, 1.54) is 16.9 Å². The molecule has 0 aliphatic carbocycles. The maximum Gasteiger partial charge on any atom is 0.122 e. The number of aryl methyl sites for hydroxylation is 1. The van der Waals surface area contributed by atoms with Gasteiger partial charge in [-0.15, -0.1) is 11.3 Å². The molecule has 96 valence electrons. The maximum absolute atomic E-state index is 5.96. The van der Waals surface area contributed by atoms with Crippen LogP contribution in [-0.4, -0.2) is 12.1 Å². The number of nitrogen functional groups attached to an aromatic ring is 1. The Hall–Kier alpha value is -1.55. The quantitative estimate of drug-likeness (QED) is 0.914. The standard InChI is InChI=1S/C14H18N2OS/c1-8(2)10-6-11(9(3)5-12(10)17-4)13-14(15)18-7-16-13/h5-8H,15H2,1-4H3. The molecule has 0 amide bonds. The molecule has 0 aliphatic rings. The molecule has 3 nitrogen and oxygen atoms in total. The van der Waals surface area contributed by atoms with Crippen LogP contribution in [0.3, 0.4) is 0 Å². The van der Waals surface area contributed by atoms with E-state index in [1.54, 1.807) is 12.6 Å². The van der Waals surface area contributed by atoms with E-state index in [1.807, 2.05) is 0 Å². The second kappa shape index (κ2) is 4.98. The molecule has 2 N–H and O–H groups in total. The van der Waals surface area contributed by atoms with Crippen molar-refractivity contribution in [3.05, 3.63) is 28.8 Å². The molecule has 0 unspecified atom stereocenters. The van der Waals surface area contributed by atoms with Gasteiger partial charge in [0.25, 0.3) is 0 Å². The lowest BCUT2D eigenvalue weighted by Gasteiger charge is -2.15. The van der Waals surface area contributed by atoms with E-state index in [9.17, 15) is 0 Å². The van der Waals surface area contributed by atoms with Crippen molar-refractivity contribution in [3.63, 3.8) is 0 Å². The fourth-order valence-corrected chi connectivity index (χ4v) is 2.58. The Bertz CT molecular complexity index is 561. The van der Waals surface area contributed by atoms with Crippen LogP contribution in [0, 0.1) is 6.92 Å². The van der Waals surface area contributed by atoms with E-state index in [2.05, 4.69) is 37.9 Å². The van der Waals surface area contributed by atoms with Gasteiger partial charge in [0.1, 0.15) is 16.4 Å². The van der Waals surface area contributed by atoms with Crippen molar-refractivity contribution in [1.82, 2.24) is 4.98 Å². The number of anilines is 1. The molecule has 18 heavy (non-hydrogen) atoms. The number of nitrogens with two attached hydrogens (primary N) is 1. The largest absolute Gasteiger partial charge is 0.496 e. The Labute approximate surface area is 112 Å². The molecule has 0 aliphatic heterocycles. The molecule has 1 aromatic heterocycles. The fraction of sp³-hybridized carbons (Fsp3) is 0.357. The van der Waals surface area contributed by atoms with Gasteiger partial charge in [-0.05, 0) is 36.1 Å². The first-order valence-electron chi connectivity index (χ1n) is 5.92. The molecule has 2 rings (SSSR count). The number of methoxy groups -OCH3 is 1. The van der Waals surface area contributed by atoms with Crippen LogP contribution in [-0.2, 0) is 0 Å². The van der Waals surface area contributed by atoms with Gasteiger partial charge in [0.2, 0.25) is 0 Å². The third-order valence-electron chi connectivity index (χ3n) is 3.05. The molecule has 2 aromatic rings. The number of ether oxygens (including phenoxy) is 1. The second-order valence-electron chi connectivity index (χ2n) is 4.63. The first-order valence-corrected chi connectivity index (χ1v) is 6.80. The summed E-state index contributed by atoms with van der Waals surface area (Å²) in [5.74, 6) is 1.33. The highest BCUT2D eigenvalue weighted by Gasteiger charge is 2.15. The Morgan fingerprint density at radius 1 is 1.33 bits per heavy atom. The minimum atomic E-state index is 0.402. The maximum atomic E-state index is 5.96. The van der Waals surface area contributed by atoms with Gasteiger partial charge in [-0.25, -0.2) is 4.98 Å². The van der Waals surface area contributed by atoms with Crippen molar-refractivity contribution in [2.75, 3.05) is 12.8 Å². The molecular weight excluding hydrogens is 244 g/mol. The Balaban J connectivity index is 2.62. The zero-order valence-corrected chi connectivity index (χ0v) is 12.0. The highest BCUT2D eigenvalue weighted by molar-refractivity contribution is 7.14. The monoisotopic (exact) mass is 262 g/mol. The number of thiazole rings is 1. The summed E-state index contributed by atoms with van der Waals surface area (Å²) >= 11 is 1.47. The number of nitrogens with zero attached hydrogens (tertiary/aromatic N) is 1. The third kappa shape index (κ3) is 2.20. The number of hydrogen-bond donors (Lipinski definition) is 1. The van der Waals surface area contributed by atoms with Gasteiger partial charge in [-0.2, -0.15) is 0 Å². The van der Waals surface area contributed by atoms with Crippen LogP contribution in [0.1, 0.15) is 30.9 Å². The van der Waals surface area contributed by atoms with Gasteiger partial charge in [0.05, 0.1) is 12.6 Å². The molecule has 1 heterocycles. The number of rotatable bonds is 3. The van der Waals surface area contributed by atoms with Gasteiger partial charge in [-0.3, -0.25) is 0 Å². The number of aromatic nitrogens is 1. The van der Waals surface area contributed by atoms with Crippen LogP contribution in [0.2, 0.25) is 0 Å². The lowest BCUT2D eigenvalue weighted by atomic mass is 9.95. The summed E-state index contributed by atoms with van der Waals surface area (Å²) in [6.45, 7) is 6.36. The molecule has 0 saturated carbocycles. The van der Waals surface area contributed by atoms with Crippen LogP contribution >= 0.6 is 11.3 Å². The normalized spacial score (nSPS) is 10.9. The molecule has 0 atom stereocenters. The van der Waals surface area contributed by atoms with E-state index in [0.717, 1.165) is 27.6 Å². The topological polar surface area (TPSA) is 48.1 Å². The minimum absolute atomic E-state index is 0.402. The van der Waals surface area contributed by atoms with E-state index >= 15 is 0 Å². The third-order valence-corrected chi connectivity index (χ3v) is 3.71. The van der Waals surface area contributed by atoms with E-state index in [4.69, 9.17) is 10.5 Å². The second-order valence-corrected chi connectivity index (χ2v) is 5.52. The lowest BCUT2D eigenvalue weighted by Crippen LogP contribution is -1.98. The average Bonchev–Trinajstić information content (AvgIpc) is 2.74. The molecule has 1 aromatic carbocycles. The minimum Gasteiger partial charge on any atom is -0.496 e. The summed E-state index contributed by atoms with van der Waals surface area (Å²) in [7, 11) is 1.71. The van der Waals surface area contributed by atoms with E-state index < -0.39 is 0 Å². The van der Waals surface area contributed by atoms with Gasteiger partial charge in [0, 0.05) is 5.56 Å². The Morgan fingerprint density at radius 3 is 2.56 bits per heavy atom. The summed E-state index contributed by atoms with van der Waals surface area (Å²) in [4.78, 5) is 4.36. The summed E-state index contributed by atoms with van der Waals surface area (Å²) < 4.78 is 5.44. The van der Waals surface area contributed by atoms with E-state index in [0.29, 0.717) is 5.92 Å². The van der Waals surface area contributed by atoms with Crippen LogP contribution in [0.25, 0.3) is 11.3 Å². The van der Waals surface area contributed by atoms with Gasteiger partial charge >= 0.3 is 0 Å². The highest BCUT2D eigenvalue weighted by Crippen LogP contribution is 2.36. The first-order chi connectivity index (χ1) is 8.54. The van der Waals surface area contributed by atoms with Crippen molar-refractivity contribution < 1.29 is 4.74 Å². The zero-order valence-electron chi connectivity index (χ0n) is 11.2. The zero-order chi connectivity index (χ0) is 13.3. The molecule has 0 bridgehead atoms. The van der Waals surface area contributed by atoms with Crippen LogP contribution < -0.4 is 10.5 Å².